The molecule has 3 aromatic rings. The van der Waals surface area contributed by atoms with Crippen LogP contribution in [0, 0.1) is 5.82 Å². The maximum Gasteiger partial charge on any atom is 0.417 e. The maximum atomic E-state index is 13.4. The Morgan fingerprint density at radius 2 is 1.94 bits per heavy atom. The molecule has 1 aliphatic heterocycles. The van der Waals surface area contributed by atoms with E-state index in [1.165, 1.54) is 18.2 Å². The first-order chi connectivity index (χ1) is 17.3. The molecule has 1 fully saturated rings. The molecule has 1 aliphatic carbocycles. The van der Waals surface area contributed by atoms with Gasteiger partial charge in [-0.25, -0.2) is 9.18 Å². The van der Waals surface area contributed by atoms with Crippen LogP contribution in [0.5, 0.6) is 0 Å². The van der Waals surface area contributed by atoms with Gasteiger partial charge in [0.1, 0.15) is 11.6 Å². The Morgan fingerprint density at radius 1 is 1.14 bits per heavy atom. The molecule has 0 amide bonds. The van der Waals surface area contributed by atoms with Gasteiger partial charge in [0.2, 0.25) is 0 Å². The largest absolute Gasteiger partial charge is 0.427 e. The summed E-state index contributed by atoms with van der Waals surface area (Å²) in [4.78, 5) is 14.0. The molecular weight excluding hydrogens is 480 g/mol. The van der Waals surface area contributed by atoms with Crippen molar-refractivity contribution in [3.05, 3.63) is 69.2 Å². The first-order valence-electron chi connectivity index (χ1n) is 12.1. The van der Waals surface area contributed by atoms with Crippen LogP contribution in [0.4, 0.5) is 17.6 Å². The number of likely N-dealkylation sites (tertiary alicyclic amines) is 1. The van der Waals surface area contributed by atoms with Gasteiger partial charge in [0.15, 0.2) is 5.58 Å². The van der Waals surface area contributed by atoms with Gasteiger partial charge in [-0.1, -0.05) is 17.3 Å². The van der Waals surface area contributed by atoms with Crippen LogP contribution < -0.4 is 5.63 Å². The van der Waals surface area contributed by atoms with Crippen LogP contribution in [0.1, 0.15) is 54.2 Å². The lowest BCUT2D eigenvalue weighted by atomic mass is 9.91. The summed E-state index contributed by atoms with van der Waals surface area (Å²) in [7, 11) is 0. The Labute approximate surface area is 204 Å². The zero-order valence-electron chi connectivity index (χ0n) is 19.5. The molecule has 2 aliphatic rings. The lowest BCUT2D eigenvalue weighted by Gasteiger charge is -2.31. The first kappa shape index (κ1) is 24.7. The zero-order chi connectivity index (χ0) is 25.3. The maximum absolute atomic E-state index is 13.4. The van der Waals surface area contributed by atoms with Gasteiger partial charge >= 0.3 is 11.8 Å². The molecule has 1 aromatic carbocycles. The Bertz CT molecular complexity index is 1310. The van der Waals surface area contributed by atoms with Crippen LogP contribution in [0.15, 0.2) is 44.1 Å². The third kappa shape index (κ3) is 5.39. The van der Waals surface area contributed by atoms with Gasteiger partial charge in [0.05, 0.1) is 17.4 Å². The number of aromatic nitrogens is 1. The number of alkyl halides is 3. The standard InChI is InChI=1S/C26H26F4N2O4/c27-17-3-5-20-23(13-17)36-31-25(20)16-7-10-32(11-8-16)9-1-2-12-34-18-4-6-19-21(26(28,29)30)15-24(33)35-22(19)14-18/h3-6,13,15-16,18H,1-2,7-12,14H2/t18-/m1/s1. The fraction of sp³-hybridized carbons (Fsp3) is 0.462. The zero-order valence-corrected chi connectivity index (χ0v) is 19.5. The Morgan fingerprint density at radius 3 is 2.72 bits per heavy atom. The van der Waals surface area contributed by atoms with Gasteiger partial charge < -0.3 is 18.6 Å². The van der Waals surface area contributed by atoms with Crippen molar-refractivity contribution in [3.8, 4) is 0 Å². The Balaban J connectivity index is 1.04. The van der Waals surface area contributed by atoms with E-state index in [-0.39, 0.29) is 29.5 Å². The van der Waals surface area contributed by atoms with E-state index in [1.54, 1.807) is 12.1 Å². The molecule has 6 nitrogen and oxygen atoms in total. The number of benzene rings is 1. The summed E-state index contributed by atoms with van der Waals surface area (Å²) in [6.45, 7) is 3.26. The van der Waals surface area contributed by atoms with Gasteiger partial charge in [0, 0.05) is 42.0 Å². The third-order valence-corrected chi connectivity index (χ3v) is 6.88. The fourth-order valence-electron chi connectivity index (χ4n) is 5.02. The van der Waals surface area contributed by atoms with Gasteiger partial charge in [0.25, 0.3) is 0 Å². The van der Waals surface area contributed by atoms with E-state index in [2.05, 4.69) is 10.1 Å². The van der Waals surface area contributed by atoms with E-state index in [9.17, 15) is 22.4 Å². The molecule has 192 valence electrons. The minimum atomic E-state index is -4.62. The summed E-state index contributed by atoms with van der Waals surface area (Å²) in [6, 6.07) is 5.01. The van der Waals surface area contributed by atoms with Crippen LogP contribution in [0.2, 0.25) is 0 Å². The number of nitrogens with zero attached hydrogens (tertiary/aromatic N) is 2. The summed E-state index contributed by atoms with van der Waals surface area (Å²) >= 11 is 0. The smallest absolute Gasteiger partial charge is 0.417 e. The SMILES string of the molecule is O=c1cc(C(F)(F)F)c2c(o1)C[C@H](OCCCCN1CCC(c3noc4cc(F)ccc34)CC1)C=C2. The van der Waals surface area contributed by atoms with Crippen molar-refractivity contribution in [3.63, 3.8) is 0 Å². The molecule has 0 N–H and O–H groups in total. The molecule has 36 heavy (non-hydrogen) atoms. The van der Waals surface area contributed by atoms with E-state index in [0.29, 0.717) is 18.3 Å². The van der Waals surface area contributed by atoms with Gasteiger partial charge in [-0.2, -0.15) is 13.2 Å². The van der Waals surface area contributed by atoms with Crippen molar-refractivity contribution in [1.82, 2.24) is 10.1 Å². The van der Waals surface area contributed by atoms with Crippen LogP contribution >= 0.6 is 0 Å². The molecule has 0 saturated carbocycles. The second-order valence-electron chi connectivity index (χ2n) is 9.32. The molecule has 0 spiro atoms. The molecule has 0 unspecified atom stereocenters. The number of halogens is 4. The molecule has 5 rings (SSSR count). The van der Waals surface area contributed by atoms with Crippen LogP contribution in [-0.4, -0.2) is 42.4 Å². The fourth-order valence-corrected chi connectivity index (χ4v) is 5.02. The number of hydrogen-bond donors (Lipinski definition) is 0. The van der Waals surface area contributed by atoms with Crippen LogP contribution in [-0.2, 0) is 17.3 Å². The summed E-state index contributed by atoms with van der Waals surface area (Å²) < 4.78 is 69.1. The molecular formula is C26H26F4N2O4. The number of ether oxygens (including phenoxy) is 1. The number of unbranched alkanes of at least 4 members (excludes halogenated alkanes) is 1. The molecule has 0 bridgehead atoms. The summed E-state index contributed by atoms with van der Waals surface area (Å²) in [5.74, 6) is -0.0408. The second-order valence-corrected chi connectivity index (χ2v) is 9.32. The Kier molecular flexibility index (Phi) is 6.98. The number of hydrogen-bond acceptors (Lipinski definition) is 6. The number of fused-ring (bicyclic) bond motifs is 2. The Hall–Kier alpha value is -2.98. The predicted molar refractivity (Wildman–Crippen MR) is 124 cm³/mol. The monoisotopic (exact) mass is 506 g/mol. The van der Waals surface area contributed by atoms with Crippen molar-refractivity contribution in [2.45, 2.75) is 50.3 Å². The van der Waals surface area contributed by atoms with Gasteiger partial charge in [-0.15, -0.1) is 0 Å². The molecule has 1 saturated heterocycles. The van der Waals surface area contributed by atoms with E-state index in [1.807, 2.05) is 0 Å². The minimum absolute atomic E-state index is 0.00946. The summed E-state index contributed by atoms with van der Waals surface area (Å²) in [6.07, 6.45) is 1.61. The average molecular weight is 506 g/mol. The molecule has 3 heterocycles. The normalized spacial score (nSPS) is 19.2. The molecule has 10 heteroatoms. The highest BCUT2D eigenvalue weighted by Crippen LogP contribution is 2.35. The minimum Gasteiger partial charge on any atom is -0.427 e. The number of rotatable bonds is 7. The molecule has 2 aromatic heterocycles. The van der Waals surface area contributed by atoms with Crippen molar-refractivity contribution in [1.29, 1.82) is 0 Å². The molecule has 0 radical (unpaired) electrons. The number of piperidine rings is 1. The van der Waals surface area contributed by atoms with Crippen LogP contribution in [0.25, 0.3) is 17.0 Å². The quantitative estimate of drug-likeness (QED) is 0.309. The second kappa shape index (κ2) is 10.2. The van der Waals surface area contributed by atoms with Crippen molar-refractivity contribution in [2.75, 3.05) is 26.2 Å². The lowest BCUT2D eigenvalue weighted by Crippen LogP contribution is -2.34. The first-order valence-corrected chi connectivity index (χ1v) is 12.1. The van der Waals surface area contributed by atoms with E-state index in [4.69, 9.17) is 13.7 Å². The summed E-state index contributed by atoms with van der Waals surface area (Å²) in [5.41, 5.74) is -0.705. The van der Waals surface area contributed by atoms with E-state index < -0.39 is 23.5 Å². The third-order valence-electron chi connectivity index (χ3n) is 6.88. The van der Waals surface area contributed by atoms with E-state index in [0.717, 1.165) is 56.4 Å². The van der Waals surface area contributed by atoms with Gasteiger partial charge in [-0.3, -0.25) is 0 Å². The lowest BCUT2D eigenvalue weighted by molar-refractivity contribution is -0.138. The highest BCUT2D eigenvalue weighted by atomic mass is 19.4. The van der Waals surface area contributed by atoms with Gasteiger partial charge in [-0.05, 0) is 57.5 Å². The highest BCUT2D eigenvalue weighted by molar-refractivity contribution is 5.79. The topological polar surface area (TPSA) is 68.7 Å². The predicted octanol–water partition coefficient (Wildman–Crippen LogP) is 5.55. The van der Waals surface area contributed by atoms with Crippen molar-refractivity contribution < 1.29 is 31.2 Å². The average Bonchev–Trinajstić information content (AvgIpc) is 3.26. The van der Waals surface area contributed by atoms with Crippen molar-refractivity contribution in [2.24, 2.45) is 0 Å². The van der Waals surface area contributed by atoms with E-state index >= 15 is 0 Å². The molecule has 1 atom stereocenters. The highest BCUT2D eigenvalue weighted by Gasteiger charge is 2.36. The summed E-state index contributed by atoms with van der Waals surface area (Å²) in [5, 5.41) is 5.07. The van der Waals surface area contributed by atoms with Crippen LogP contribution in [0.3, 0.4) is 0 Å². The van der Waals surface area contributed by atoms with Crippen molar-refractivity contribution >= 4 is 17.0 Å².